The van der Waals surface area contributed by atoms with Crippen molar-refractivity contribution in [2.45, 2.75) is 94.5 Å². The highest BCUT2D eigenvalue weighted by Crippen LogP contribution is 2.50. The number of hydrogen-bond donors (Lipinski definition) is 6. The van der Waals surface area contributed by atoms with Gasteiger partial charge in [0, 0.05) is 36.2 Å². The van der Waals surface area contributed by atoms with E-state index in [1.807, 2.05) is 20.8 Å². The van der Waals surface area contributed by atoms with Gasteiger partial charge in [0.25, 0.3) is 5.69 Å². The summed E-state index contributed by atoms with van der Waals surface area (Å²) in [5.74, 6) is -1.11. The summed E-state index contributed by atoms with van der Waals surface area (Å²) < 4.78 is 71.0. The Morgan fingerprint density at radius 1 is 1.09 bits per heavy atom. The van der Waals surface area contributed by atoms with Crippen molar-refractivity contribution in [3.05, 3.63) is 68.8 Å². The first kappa shape index (κ1) is 54.3. The van der Waals surface area contributed by atoms with Gasteiger partial charge in [-0.15, -0.1) is 0 Å². The van der Waals surface area contributed by atoms with Crippen LogP contribution in [0.5, 0.6) is 5.75 Å². The molecule has 70 heavy (non-hydrogen) atoms. The summed E-state index contributed by atoms with van der Waals surface area (Å²) >= 11 is 0. The third kappa shape index (κ3) is 13.5. The highest BCUT2D eigenvalue weighted by atomic mass is 33.1. The van der Waals surface area contributed by atoms with Crippen molar-refractivity contribution in [2.75, 3.05) is 44.6 Å². The summed E-state index contributed by atoms with van der Waals surface area (Å²) in [7, 11) is -5.28. The molecule has 5 heterocycles. The Bertz CT molecular complexity index is 2730. The average Bonchev–Trinajstić information content (AvgIpc) is 3.97. The van der Waals surface area contributed by atoms with Gasteiger partial charge in [0.05, 0.1) is 37.1 Å². The summed E-state index contributed by atoms with van der Waals surface area (Å²) in [5, 5.41) is 23.7. The monoisotopic (exact) mass is 1060 g/mol. The van der Waals surface area contributed by atoms with Gasteiger partial charge in [-0.3, -0.25) is 37.7 Å². The quantitative estimate of drug-likeness (QED) is 0.0243. The van der Waals surface area contributed by atoms with Gasteiger partial charge in [0.2, 0.25) is 0 Å². The number of likely N-dealkylation sites (N-methyl/N-ethyl adjacent to an activating group) is 1. The molecule has 0 radical (unpaired) electrons. The second-order valence-electron chi connectivity index (χ2n) is 16.5. The molecule has 8 N–H and O–H groups in total. The molecule has 33 heteroatoms. The van der Waals surface area contributed by atoms with Crippen LogP contribution in [0.25, 0.3) is 11.2 Å². The van der Waals surface area contributed by atoms with Crippen LogP contribution in [0.3, 0.4) is 0 Å². The van der Waals surface area contributed by atoms with E-state index in [-0.39, 0.29) is 51.0 Å². The van der Waals surface area contributed by atoms with Crippen molar-refractivity contribution in [1.29, 1.82) is 0 Å². The minimum absolute atomic E-state index is 0.00448. The van der Waals surface area contributed by atoms with E-state index in [0.29, 0.717) is 11.3 Å². The average molecular weight is 1060 g/mol. The molecule has 1 unspecified atom stereocenters. The number of methoxy groups -OCH3 is 1. The lowest BCUT2D eigenvalue weighted by molar-refractivity contribution is -0.385. The van der Waals surface area contributed by atoms with Crippen LogP contribution in [-0.2, 0) is 53.1 Å². The number of nitrogen functional groups attached to an aromatic ring is 2. The Hall–Kier alpha value is -5.01. The van der Waals surface area contributed by atoms with Gasteiger partial charge in [-0.1, -0.05) is 42.4 Å². The maximum atomic E-state index is 14.4. The standard InChI is InChI=1S/C37H50N10O19P2S2/c1-18-9-20(47(52)53)19(10-22(18)59-6)12-60-36(51)44(5)21(15-69-70-37(2,3)4)34(49)65-30-25(64-33(29(30)48)46-17-42-28-31(39)40-16-41-32(28)46)14-62-68(57,58)66-23-11-27(45-8-7-26(38)43-35(45)50)63-24(23)13-61-67(54,55)56/h7-10,16-17,21,23-25,27,29-30,33,48H,11-15H2,1-6H3,(H,57,58)(H2,38,43,50)(H2,39,40,41)(H2,54,55,56)/t21-,23-,24+,25+,27+,29+,30+,33+/m0/s1. The van der Waals surface area contributed by atoms with Crippen molar-refractivity contribution in [3.63, 3.8) is 0 Å². The van der Waals surface area contributed by atoms with E-state index in [9.17, 15) is 53.4 Å². The van der Waals surface area contributed by atoms with E-state index >= 15 is 0 Å². The number of anilines is 2. The Morgan fingerprint density at radius 3 is 2.46 bits per heavy atom. The summed E-state index contributed by atoms with van der Waals surface area (Å²) in [4.78, 5) is 98.4. The number of fused-ring (bicyclic) bond motifs is 1. The Labute approximate surface area is 404 Å². The smallest absolute Gasteiger partial charge is 0.472 e. The number of hydrogen-bond acceptors (Lipinski definition) is 24. The van der Waals surface area contributed by atoms with Gasteiger partial charge in [-0.2, -0.15) is 4.98 Å². The number of nitro groups is 1. The number of aliphatic hydroxyl groups excluding tert-OH is 1. The number of phosphoric ester groups is 2. The molecule has 1 amide bonds. The van der Waals surface area contributed by atoms with Gasteiger partial charge in [-0.25, -0.2) is 38.5 Å². The summed E-state index contributed by atoms with van der Waals surface area (Å²) in [6.07, 6.45) is -8.91. The van der Waals surface area contributed by atoms with E-state index in [1.165, 1.54) is 71.0 Å². The maximum absolute atomic E-state index is 14.4. The molecule has 384 valence electrons. The molecule has 0 aliphatic carbocycles. The molecule has 2 aliphatic rings. The number of nitro benzene ring substituents is 1. The predicted molar refractivity (Wildman–Crippen MR) is 246 cm³/mol. The molecule has 2 aliphatic heterocycles. The molecular weight excluding hydrogens is 1010 g/mol. The Balaban J connectivity index is 1.25. The number of amides is 1. The summed E-state index contributed by atoms with van der Waals surface area (Å²) in [6, 6.07) is 2.40. The molecule has 2 saturated heterocycles. The van der Waals surface area contributed by atoms with Crippen molar-refractivity contribution in [3.8, 4) is 5.75 Å². The highest BCUT2D eigenvalue weighted by Gasteiger charge is 2.51. The zero-order valence-corrected chi connectivity index (χ0v) is 41.4. The highest BCUT2D eigenvalue weighted by molar-refractivity contribution is 8.77. The Morgan fingerprint density at radius 2 is 1.80 bits per heavy atom. The molecule has 3 aromatic heterocycles. The molecule has 6 rings (SSSR count). The minimum Gasteiger partial charge on any atom is -0.496 e. The molecule has 0 bridgehead atoms. The number of benzene rings is 1. The largest absolute Gasteiger partial charge is 0.496 e. The number of aliphatic hydroxyl groups is 1. The Kier molecular flexibility index (Phi) is 17.2. The van der Waals surface area contributed by atoms with Crippen molar-refractivity contribution >= 4 is 77.8 Å². The zero-order chi connectivity index (χ0) is 51.5. The predicted octanol–water partition coefficient (Wildman–Crippen LogP) is 2.36. The maximum Gasteiger partial charge on any atom is 0.472 e. The van der Waals surface area contributed by atoms with E-state index in [4.69, 9.17) is 44.2 Å². The minimum atomic E-state index is -5.31. The van der Waals surface area contributed by atoms with Crippen LogP contribution in [0.4, 0.5) is 22.1 Å². The number of aryl methyl sites for hydroxylation is 1. The van der Waals surface area contributed by atoms with Gasteiger partial charge < -0.3 is 54.9 Å². The zero-order valence-electron chi connectivity index (χ0n) is 38.0. The SMILES string of the molecule is COc1cc(COC(=O)N(C)[C@@H](CSSC(C)(C)C)C(=O)O[C@H]2[C@@H](O)[C@H](n3cnc4c(N)ncnc43)O[C@@H]2COP(=O)(O)O[C@H]2C[C@H](n3ccc(N)nc3=O)O[C@@H]2COP(=O)(O)O)c([N+](=O)[O-])cc1C. The number of imidazole rings is 1. The summed E-state index contributed by atoms with van der Waals surface area (Å²) in [6.45, 7) is 4.88. The number of aromatic nitrogens is 6. The fourth-order valence-corrected chi connectivity index (χ4v) is 10.9. The third-order valence-electron chi connectivity index (χ3n) is 10.3. The molecule has 1 aromatic carbocycles. The molecule has 9 atom stereocenters. The number of phosphoric acid groups is 2. The van der Waals surface area contributed by atoms with E-state index < -0.39 is 107 Å². The van der Waals surface area contributed by atoms with E-state index in [2.05, 4.69) is 24.5 Å². The number of carbonyl (C=O) groups excluding carboxylic acids is 2. The number of nitrogens with zero attached hydrogens (tertiary/aromatic N) is 8. The number of ether oxygens (including phenoxy) is 5. The third-order valence-corrected chi connectivity index (χ3v) is 15.2. The lowest BCUT2D eigenvalue weighted by Crippen LogP contribution is -2.48. The molecule has 4 aromatic rings. The fraction of sp³-hybridized carbons (Fsp3) is 0.541. The van der Waals surface area contributed by atoms with Crippen LogP contribution in [-0.4, -0.2) is 145 Å². The summed E-state index contributed by atoms with van der Waals surface area (Å²) in [5.41, 5.74) is 11.0. The molecule has 0 spiro atoms. The number of nitrogens with two attached hydrogens (primary N) is 2. The van der Waals surface area contributed by atoms with Crippen LogP contribution in [0.1, 0.15) is 50.8 Å². The number of rotatable bonds is 20. The lowest BCUT2D eigenvalue weighted by Gasteiger charge is -2.29. The second kappa shape index (κ2) is 22.2. The van der Waals surface area contributed by atoms with Crippen molar-refractivity contribution < 1.29 is 80.7 Å². The van der Waals surface area contributed by atoms with Crippen LogP contribution in [0.2, 0.25) is 0 Å². The first-order chi connectivity index (χ1) is 32.8. The van der Waals surface area contributed by atoms with Crippen LogP contribution in [0, 0.1) is 17.0 Å². The van der Waals surface area contributed by atoms with Gasteiger partial charge >= 0.3 is 33.4 Å². The van der Waals surface area contributed by atoms with E-state index in [0.717, 1.165) is 15.8 Å². The number of carbonyl (C=O) groups is 2. The molecule has 0 saturated carbocycles. The molecule has 2 fully saturated rings. The normalized spacial score (nSPS) is 22.9. The van der Waals surface area contributed by atoms with Crippen LogP contribution in [0.15, 0.2) is 41.8 Å². The van der Waals surface area contributed by atoms with Gasteiger partial charge in [0.1, 0.15) is 66.7 Å². The molecule has 29 nitrogen and oxygen atoms in total. The van der Waals surface area contributed by atoms with Crippen molar-refractivity contribution in [2.24, 2.45) is 0 Å². The molecular formula is C37H50N10O19P2S2. The van der Waals surface area contributed by atoms with Crippen molar-refractivity contribution in [1.82, 2.24) is 34.0 Å². The van der Waals surface area contributed by atoms with E-state index in [1.54, 1.807) is 6.92 Å². The van der Waals surface area contributed by atoms with Gasteiger partial charge in [-0.05, 0) is 24.6 Å². The first-order valence-corrected chi connectivity index (χ1v) is 25.9. The second-order valence-corrected chi connectivity index (χ2v) is 22.3. The van der Waals surface area contributed by atoms with Gasteiger partial charge in [0.15, 0.2) is 23.8 Å². The topological polar surface area (TPSA) is 400 Å². The van der Waals surface area contributed by atoms with Crippen LogP contribution >= 0.6 is 37.2 Å². The first-order valence-electron chi connectivity index (χ1n) is 20.6. The van der Waals surface area contributed by atoms with Crippen LogP contribution < -0.4 is 21.9 Å². The number of esters is 1. The lowest BCUT2D eigenvalue weighted by atomic mass is 10.1. The fourth-order valence-electron chi connectivity index (χ4n) is 7.02.